The maximum Gasteiger partial charge on any atom is 0.223 e. The second-order valence-electron chi connectivity index (χ2n) is 8.66. The van der Waals surface area contributed by atoms with Gasteiger partial charge in [-0.05, 0) is 44.9 Å². The molecule has 4 N–H and O–H groups in total. The molecule has 0 spiro atoms. The van der Waals surface area contributed by atoms with Gasteiger partial charge in [0.1, 0.15) is 16.9 Å². The van der Waals surface area contributed by atoms with Crippen molar-refractivity contribution in [3.8, 4) is 5.75 Å². The lowest BCUT2D eigenvalue weighted by Gasteiger charge is -2.41. The van der Waals surface area contributed by atoms with Gasteiger partial charge in [0.2, 0.25) is 5.95 Å². The summed E-state index contributed by atoms with van der Waals surface area (Å²) in [4.78, 5) is 13.5. The minimum atomic E-state index is -1.05. The minimum absolute atomic E-state index is 0.0271. The first-order valence-corrected chi connectivity index (χ1v) is 10.1. The Morgan fingerprint density at radius 3 is 2.61 bits per heavy atom. The summed E-state index contributed by atoms with van der Waals surface area (Å²) in [5, 5.41) is 26.5. The zero-order valence-electron chi connectivity index (χ0n) is 17.6. The van der Waals surface area contributed by atoms with Gasteiger partial charge >= 0.3 is 0 Å². The van der Waals surface area contributed by atoms with Crippen LogP contribution in [0.1, 0.15) is 49.7 Å². The third kappa shape index (κ3) is 3.08. The summed E-state index contributed by atoms with van der Waals surface area (Å²) in [7, 11) is 1.59. The molecule has 9 heteroatoms. The van der Waals surface area contributed by atoms with E-state index in [2.05, 4.69) is 15.1 Å². The third-order valence-corrected chi connectivity index (χ3v) is 6.01. The Kier molecular flexibility index (Phi) is 4.18. The highest BCUT2D eigenvalue weighted by atomic mass is 16.5. The normalized spacial score (nSPS) is 21.4. The molecule has 1 aromatic carbocycles. The van der Waals surface area contributed by atoms with Crippen molar-refractivity contribution >= 4 is 22.5 Å². The Morgan fingerprint density at radius 2 is 1.97 bits per heavy atom. The van der Waals surface area contributed by atoms with Crippen LogP contribution in [0.25, 0.3) is 16.6 Å². The molecule has 0 aliphatic heterocycles. The molecule has 5 rings (SSSR count). The van der Waals surface area contributed by atoms with Gasteiger partial charge in [0.15, 0.2) is 11.5 Å². The maximum atomic E-state index is 11.0. The van der Waals surface area contributed by atoms with Gasteiger partial charge in [-0.1, -0.05) is 12.1 Å². The Hall–Kier alpha value is -3.30. The smallest absolute Gasteiger partial charge is 0.223 e. The first-order valence-electron chi connectivity index (χ1n) is 10.1. The van der Waals surface area contributed by atoms with Gasteiger partial charge in [-0.15, -0.1) is 5.10 Å². The number of anilines is 1. The summed E-state index contributed by atoms with van der Waals surface area (Å²) in [6.45, 7) is 3.40. The average molecular weight is 420 g/mol. The Labute approximate surface area is 178 Å². The molecule has 0 atom stereocenters. The number of ether oxygens (including phenoxy) is 1. The van der Waals surface area contributed by atoms with E-state index in [1.165, 1.54) is 4.52 Å². The molecule has 1 aliphatic rings. The van der Waals surface area contributed by atoms with E-state index in [-0.39, 0.29) is 11.9 Å². The van der Waals surface area contributed by atoms with Crippen LogP contribution in [-0.2, 0) is 11.2 Å². The van der Waals surface area contributed by atoms with E-state index in [9.17, 15) is 10.2 Å². The number of hydrogen-bond donors (Lipinski definition) is 3. The number of pyridine rings is 1. The number of nitrogens with zero attached hydrogens (tertiary/aromatic N) is 5. The topological polar surface area (TPSA) is 132 Å². The molecule has 0 amide bonds. The molecule has 3 aromatic heterocycles. The summed E-state index contributed by atoms with van der Waals surface area (Å²) in [6, 6.07) is 9.16. The van der Waals surface area contributed by atoms with Gasteiger partial charge in [0.25, 0.3) is 0 Å². The lowest BCUT2D eigenvalue weighted by Crippen LogP contribution is -2.41. The van der Waals surface area contributed by atoms with Crippen molar-refractivity contribution in [2.75, 3.05) is 12.8 Å². The largest absolute Gasteiger partial charge is 0.494 e. The molecule has 1 aliphatic carbocycles. The number of fused-ring (bicyclic) bond motifs is 3. The number of hydrogen-bond acceptors (Lipinski definition) is 8. The number of rotatable bonds is 4. The fourth-order valence-corrected chi connectivity index (χ4v) is 4.16. The van der Waals surface area contributed by atoms with Crippen LogP contribution in [0.5, 0.6) is 5.75 Å². The summed E-state index contributed by atoms with van der Waals surface area (Å²) in [6.07, 6.45) is 2.51. The highest BCUT2D eigenvalue weighted by molar-refractivity contribution is 5.95. The molecule has 160 valence electrons. The molecule has 4 aromatic rings. The molecule has 9 nitrogen and oxygen atoms in total. The second-order valence-corrected chi connectivity index (χ2v) is 8.66. The Morgan fingerprint density at radius 1 is 1.19 bits per heavy atom. The fraction of sp³-hybridized carbons (Fsp3) is 0.364. The SMILES string of the molecule is COc1cccc2c1nc(N)n1nc(C3CC(O)(c4ccc(C(C)(C)O)cn4)C3)nc21. The quantitative estimate of drug-likeness (QED) is 0.458. The van der Waals surface area contributed by atoms with Gasteiger partial charge in [-0.2, -0.15) is 4.52 Å². The predicted molar refractivity (Wildman–Crippen MR) is 115 cm³/mol. The fourth-order valence-electron chi connectivity index (χ4n) is 4.16. The summed E-state index contributed by atoms with van der Waals surface area (Å²) >= 11 is 0. The average Bonchev–Trinajstić information content (AvgIpc) is 3.16. The molecule has 1 saturated carbocycles. The van der Waals surface area contributed by atoms with E-state index < -0.39 is 11.2 Å². The van der Waals surface area contributed by atoms with E-state index in [1.807, 2.05) is 18.2 Å². The predicted octanol–water partition coefficient (Wildman–Crippen LogP) is 2.26. The van der Waals surface area contributed by atoms with Crippen molar-refractivity contribution in [3.05, 3.63) is 53.6 Å². The van der Waals surface area contributed by atoms with Crippen LogP contribution in [0, 0.1) is 0 Å². The van der Waals surface area contributed by atoms with Crippen molar-refractivity contribution < 1.29 is 14.9 Å². The Bertz CT molecular complexity index is 1290. The molecule has 0 unspecified atom stereocenters. The highest BCUT2D eigenvalue weighted by Gasteiger charge is 2.47. The zero-order valence-corrected chi connectivity index (χ0v) is 17.6. The summed E-state index contributed by atoms with van der Waals surface area (Å²) in [5.41, 5.74) is 6.63. The highest BCUT2D eigenvalue weighted by Crippen LogP contribution is 2.49. The van der Waals surface area contributed by atoms with Crippen LogP contribution >= 0.6 is 0 Å². The first kappa shape index (κ1) is 19.7. The molecule has 0 bridgehead atoms. The zero-order chi connectivity index (χ0) is 22.0. The number of para-hydroxylation sites is 1. The van der Waals surface area contributed by atoms with E-state index >= 15 is 0 Å². The molecule has 3 heterocycles. The first-order chi connectivity index (χ1) is 14.7. The van der Waals surface area contributed by atoms with E-state index in [4.69, 9.17) is 15.5 Å². The number of aromatic nitrogens is 5. The summed E-state index contributed by atoms with van der Waals surface area (Å²) < 4.78 is 6.93. The van der Waals surface area contributed by atoms with Crippen LogP contribution < -0.4 is 10.5 Å². The van der Waals surface area contributed by atoms with Gasteiger partial charge in [0.05, 0.1) is 18.4 Å². The van der Waals surface area contributed by atoms with Crippen molar-refractivity contribution in [3.63, 3.8) is 0 Å². The second kappa shape index (κ2) is 6.60. The van der Waals surface area contributed by atoms with Crippen molar-refractivity contribution in [1.82, 2.24) is 24.6 Å². The van der Waals surface area contributed by atoms with Crippen LogP contribution in [-0.4, -0.2) is 41.9 Å². The van der Waals surface area contributed by atoms with Crippen LogP contribution in [0.4, 0.5) is 5.95 Å². The van der Waals surface area contributed by atoms with Crippen LogP contribution in [0.2, 0.25) is 0 Å². The lowest BCUT2D eigenvalue weighted by molar-refractivity contribution is -0.0606. The number of nitrogens with two attached hydrogens (primary N) is 1. The van der Waals surface area contributed by atoms with Gasteiger partial charge in [0, 0.05) is 23.1 Å². The van der Waals surface area contributed by atoms with E-state index in [0.717, 1.165) is 5.39 Å². The van der Waals surface area contributed by atoms with Crippen molar-refractivity contribution in [1.29, 1.82) is 0 Å². The van der Waals surface area contributed by atoms with E-state index in [0.29, 0.717) is 46.8 Å². The molecule has 1 fully saturated rings. The molecule has 31 heavy (non-hydrogen) atoms. The van der Waals surface area contributed by atoms with Gasteiger partial charge in [-0.3, -0.25) is 4.98 Å². The standard InChI is InChI=1S/C22H24N6O3/c1-21(2,29)13-7-8-16(24-11-13)22(30)9-12(10-22)18-26-19-14-5-4-6-15(31-3)17(14)25-20(23)28(19)27-18/h4-8,11-12,29-30H,9-10H2,1-3H3,(H2,23,25). The minimum Gasteiger partial charge on any atom is -0.494 e. The third-order valence-electron chi connectivity index (χ3n) is 6.01. The molecule has 0 radical (unpaired) electrons. The van der Waals surface area contributed by atoms with Crippen LogP contribution in [0.3, 0.4) is 0 Å². The molecular formula is C22H24N6O3. The number of methoxy groups -OCH3 is 1. The van der Waals surface area contributed by atoms with Gasteiger partial charge < -0.3 is 20.7 Å². The number of nitrogen functional groups attached to an aromatic ring is 1. The van der Waals surface area contributed by atoms with Crippen molar-refractivity contribution in [2.45, 2.75) is 43.8 Å². The molecular weight excluding hydrogens is 396 g/mol. The number of aliphatic hydroxyl groups is 2. The Balaban J connectivity index is 1.45. The van der Waals surface area contributed by atoms with Crippen LogP contribution in [0.15, 0.2) is 36.5 Å². The maximum absolute atomic E-state index is 11.0. The molecule has 0 saturated heterocycles. The monoisotopic (exact) mass is 420 g/mol. The lowest BCUT2D eigenvalue weighted by atomic mass is 9.68. The van der Waals surface area contributed by atoms with E-state index in [1.54, 1.807) is 39.3 Å². The summed E-state index contributed by atoms with van der Waals surface area (Å²) in [5.74, 6) is 1.43. The van der Waals surface area contributed by atoms with Gasteiger partial charge in [-0.25, -0.2) is 9.97 Å². The van der Waals surface area contributed by atoms with Crippen molar-refractivity contribution in [2.24, 2.45) is 0 Å². The number of benzene rings is 1.